The average molecular weight is 275 g/mol. The second-order valence-corrected chi connectivity index (χ2v) is 5.99. The topological polar surface area (TPSA) is 21.3 Å². The van der Waals surface area contributed by atoms with Crippen molar-refractivity contribution >= 4 is 0 Å². The van der Waals surface area contributed by atoms with Gasteiger partial charge in [0.2, 0.25) is 0 Å². The Morgan fingerprint density at radius 3 is 2.30 bits per heavy atom. The number of nitrogens with one attached hydrogen (secondary N) is 1. The van der Waals surface area contributed by atoms with Crippen molar-refractivity contribution in [1.82, 2.24) is 5.32 Å². The highest BCUT2D eigenvalue weighted by atomic mass is 16.5. The molecule has 1 aromatic rings. The lowest BCUT2D eigenvalue weighted by Crippen LogP contribution is -2.57. The molecule has 1 fully saturated rings. The number of rotatable bonds is 7. The van der Waals surface area contributed by atoms with Gasteiger partial charge in [-0.2, -0.15) is 0 Å². The molecule has 0 saturated heterocycles. The Bertz CT molecular complexity index is 408. The molecule has 2 unspecified atom stereocenters. The molecule has 1 saturated carbocycles. The van der Waals surface area contributed by atoms with Crippen LogP contribution >= 0.6 is 0 Å². The second-order valence-electron chi connectivity index (χ2n) is 5.99. The highest BCUT2D eigenvalue weighted by molar-refractivity contribution is 5.33. The molecule has 1 N–H and O–H groups in total. The molecular weight excluding hydrogens is 246 g/mol. The molecule has 0 aromatic heterocycles. The van der Waals surface area contributed by atoms with Crippen LogP contribution in [0.25, 0.3) is 0 Å². The number of ether oxygens (including phenoxy) is 1. The summed E-state index contributed by atoms with van der Waals surface area (Å²) in [5.74, 6) is 1.69. The van der Waals surface area contributed by atoms with E-state index in [0.29, 0.717) is 17.4 Å². The van der Waals surface area contributed by atoms with E-state index in [4.69, 9.17) is 4.74 Å². The lowest BCUT2D eigenvalue weighted by molar-refractivity contribution is 0.0245. The Morgan fingerprint density at radius 1 is 1.15 bits per heavy atom. The van der Waals surface area contributed by atoms with Crippen molar-refractivity contribution in [1.29, 1.82) is 0 Å². The van der Waals surface area contributed by atoms with Crippen molar-refractivity contribution in [2.75, 3.05) is 13.7 Å². The van der Waals surface area contributed by atoms with Crippen molar-refractivity contribution < 1.29 is 4.74 Å². The first-order valence-electron chi connectivity index (χ1n) is 8.11. The molecule has 0 bridgehead atoms. The summed E-state index contributed by atoms with van der Waals surface area (Å²) >= 11 is 0. The average Bonchev–Trinajstić information content (AvgIpc) is 2.47. The number of hydrogen-bond acceptors (Lipinski definition) is 2. The first-order valence-corrected chi connectivity index (χ1v) is 8.11. The number of benzene rings is 1. The van der Waals surface area contributed by atoms with E-state index in [-0.39, 0.29) is 0 Å². The standard InChI is InChI=1S/C18H29NO/c1-5-12-20-15-10-8-14(9-11-15)16-13-17(19-4)18(16,6-2)7-3/h8-11,16-17,19H,5-7,12-13H2,1-4H3. The summed E-state index contributed by atoms with van der Waals surface area (Å²) in [7, 11) is 2.10. The van der Waals surface area contributed by atoms with Crippen LogP contribution < -0.4 is 10.1 Å². The summed E-state index contributed by atoms with van der Waals surface area (Å²) in [6.07, 6.45) is 4.80. The largest absolute Gasteiger partial charge is 0.494 e. The van der Waals surface area contributed by atoms with Gasteiger partial charge in [0.15, 0.2) is 0 Å². The SMILES string of the molecule is CCCOc1ccc(C2CC(NC)C2(CC)CC)cc1. The van der Waals surface area contributed by atoms with Crippen LogP contribution in [0.15, 0.2) is 24.3 Å². The van der Waals surface area contributed by atoms with E-state index in [9.17, 15) is 0 Å². The van der Waals surface area contributed by atoms with Gasteiger partial charge in [-0.1, -0.05) is 32.9 Å². The molecule has 0 spiro atoms. The van der Waals surface area contributed by atoms with Crippen molar-refractivity contribution in [3.63, 3.8) is 0 Å². The molecule has 2 heteroatoms. The summed E-state index contributed by atoms with van der Waals surface area (Å²) in [6, 6.07) is 9.46. The van der Waals surface area contributed by atoms with Gasteiger partial charge < -0.3 is 10.1 Å². The van der Waals surface area contributed by atoms with Gasteiger partial charge in [-0.3, -0.25) is 0 Å². The first kappa shape index (κ1) is 15.4. The fraction of sp³-hybridized carbons (Fsp3) is 0.667. The van der Waals surface area contributed by atoms with Crippen LogP contribution in [0.1, 0.15) is 57.9 Å². The van der Waals surface area contributed by atoms with E-state index in [1.165, 1.54) is 24.8 Å². The van der Waals surface area contributed by atoms with Gasteiger partial charge in [-0.15, -0.1) is 0 Å². The first-order chi connectivity index (χ1) is 9.71. The molecule has 0 heterocycles. The lowest BCUT2D eigenvalue weighted by Gasteiger charge is -2.56. The highest BCUT2D eigenvalue weighted by Crippen LogP contribution is 2.57. The van der Waals surface area contributed by atoms with Gasteiger partial charge in [-0.25, -0.2) is 0 Å². The Balaban J connectivity index is 2.11. The predicted molar refractivity (Wildman–Crippen MR) is 85.4 cm³/mol. The second kappa shape index (κ2) is 6.62. The van der Waals surface area contributed by atoms with E-state index in [1.54, 1.807) is 0 Å². The zero-order chi connectivity index (χ0) is 14.6. The zero-order valence-electron chi connectivity index (χ0n) is 13.4. The maximum atomic E-state index is 5.68. The van der Waals surface area contributed by atoms with E-state index in [2.05, 4.69) is 57.4 Å². The van der Waals surface area contributed by atoms with E-state index in [1.807, 2.05) is 0 Å². The van der Waals surface area contributed by atoms with Gasteiger partial charge >= 0.3 is 0 Å². The van der Waals surface area contributed by atoms with E-state index >= 15 is 0 Å². The van der Waals surface area contributed by atoms with Crippen LogP contribution in [0, 0.1) is 5.41 Å². The maximum Gasteiger partial charge on any atom is 0.119 e. The van der Waals surface area contributed by atoms with Gasteiger partial charge in [0.1, 0.15) is 5.75 Å². The molecule has 2 rings (SSSR count). The van der Waals surface area contributed by atoms with Crippen molar-refractivity contribution in [3.05, 3.63) is 29.8 Å². The fourth-order valence-electron chi connectivity index (χ4n) is 3.91. The summed E-state index contributed by atoms with van der Waals surface area (Å²) < 4.78 is 5.68. The van der Waals surface area contributed by atoms with E-state index < -0.39 is 0 Å². The highest BCUT2D eigenvalue weighted by Gasteiger charge is 2.52. The Kier molecular flexibility index (Phi) is 5.09. The molecular formula is C18H29NO. The van der Waals surface area contributed by atoms with Crippen LogP contribution in [0.5, 0.6) is 5.75 Å². The Hall–Kier alpha value is -1.02. The third-order valence-corrected chi connectivity index (χ3v) is 5.28. The quantitative estimate of drug-likeness (QED) is 0.798. The van der Waals surface area contributed by atoms with Crippen molar-refractivity contribution in [3.8, 4) is 5.75 Å². The number of hydrogen-bond donors (Lipinski definition) is 1. The van der Waals surface area contributed by atoms with Crippen LogP contribution in [-0.2, 0) is 0 Å². The van der Waals surface area contributed by atoms with Crippen LogP contribution in [0.4, 0.5) is 0 Å². The van der Waals surface area contributed by atoms with Gasteiger partial charge in [0, 0.05) is 6.04 Å². The zero-order valence-corrected chi connectivity index (χ0v) is 13.4. The van der Waals surface area contributed by atoms with Crippen LogP contribution in [0.3, 0.4) is 0 Å². The Labute approximate surface area is 123 Å². The van der Waals surface area contributed by atoms with Gasteiger partial charge in [0.25, 0.3) is 0 Å². The molecule has 1 aromatic carbocycles. The molecule has 2 atom stereocenters. The van der Waals surface area contributed by atoms with Gasteiger partial charge in [0.05, 0.1) is 6.61 Å². The maximum absolute atomic E-state index is 5.68. The van der Waals surface area contributed by atoms with Crippen LogP contribution in [0.2, 0.25) is 0 Å². The Morgan fingerprint density at radius 2 is 1.80 bits per heavy atom. The molecule has 1 aliphatic carbocycles. The molecule has 2 nitrogen and oxygen atoms in total. The summed E-state index contributed by atoms with van der Waals surface area (Å²) in [6.45, 7) is 7.60. The minimum Gasteiger partial charge on any atom is -0.494 e. The third kappa shape index (κ3) is 2.58. The fourth-order valence-corrected chi connectivity index (χ4v) is 3.91. The molecule has 0 amide bonds. The monoisotopic (exact) mass is 275 g/mol. The van der Waals surface area contributed by atoms with Crippen LogP contribution in [-0.4, -0.2) is 19.7 Å². The molecule has 20 heavy (non-hydrogen) atoms. The molecule has 0 radical (unpaired) electrons. The summed E-state index contributed by atoms with van der Waals surface area (Å²) in [5, 5.41) is 3.51. The van der Waals surface area contributed by atoms with E-state index in [0.717, 1.165) is 18.8 Å². The van der Waals surface area contributed by atoms with Crippen molar-refractivity contribution in [2.45, 2.75) is 58.4 Å². The molecule has 112 valence electrons. The predicted octanol–water partition coefficient (Wildman–Crippen LogP) is 4.36. The minimum absolute atomic E-state index is 0.431. The third-order valence-electron chi connectivity index (χ3n) is 5.28. The smallest absolute Gasteiger partial charge is 0.119 e. The van der Waals surface area contributed by atoms with Crippen molar-refractivity contribution in [2.24, 2.45) is 5.41 Å². The molecule has 1 aliphatic rings. The normalized spacial score (nSPS) is 24.2. The summed E-state index contributed by atoms with van der Waals surface area (Å²) in [4.78, 5) is 0. The minimum atomic E-state index is 0.431. The molecule has 0 aliphatic heterocycles. The lowest BCUT2D eigenvalue weighted by atomic mass is 9.52. The van der Waals surface area contributed by atoms with Gasteiger partial charge in [-0.05, 0) is 61.8 Å². The summed E-state index contributed by atoms with van der Waals surface area (Å²) in [5.41, 5.74) is 1.91.